The molecule has 24 heavy (non-hydrogen) atoms. The number of fused-ring (bicyclic) bond motifs is 1. The Balaban J connectivity index is 1.84. The molecule has 1 aliphatic heterocycles. The van der Waals surface area contributed by atoms with E-state index in [4.69, 9.17) is 0 Å². The molecule has 1 aliphatic rings. The lowest BCUT2D eigenvalue weighted by molar-refractivity contribution is -0.384. The lowest BCUT2D eigenvalue weighted by atomic mass is 9.99. The van der Waals surface area contributed by atoms with Gasteiger partial charge in [0.2, 0.25) is 5.91 Å². The van der Waals surface area contributed by atoms with Crippen molar-refractivity contribution >= 4 is 22.5 Å². The molecule has 0 saturated carbocycles. The maximum atomic E-state index is 12.5. The van der Waals surface area contributed by atoms with Crippen LogP contribution in [0.5, 0.6) is 0 Å². The minimum absolute atomic E-state index is 0.0624. The zero-order valence-corrected chi connectivity index (χ0v) is 13.3. The van der Waals surface area contributed by atoms with E-state index in [9.17, 15) is 19.7 Å². The number of non-ortho nitro benzene ring substituents is 1. The molecule has 1 aromatic carbocycles. The van der Waals surface area contributed by atoms with Crippen LogP contribution in [0.15, 0.2) is 29.3 Å². The number of amides is 1. The highest BCUT2D eigenvalue weighted by Crippen LogP contribution is 2.17. The van der Waals surface area contributed by atoms with E-state index in [-0.39, 0.29) is 34.6 Å². The van der Waals surface area contributed by atoms with E-state index in [0.717, 1.165) is 12.8 Å². The van der Waals surface area contributed by atoms with Gasteiger partial charge in [-0.1, -0.05) is 6.92 Å². The molecule has 1 aromatic heterocycles. The van der Waals surface area contributed by atoms with Crippen molar-refractivity contribution in [1.82, 2.24) is 14.5 Å². The number of hydrogen-bond donors (Lipinski definition) is 0. The van der Waals surface area contributed by atoms with Gasteiger partial charge in [-0.25, -0.2) is 4.98 Å². The predicted octanol–water partition coefficient (Wildman–Crippen LogP) is 1.56. The van der Waals surface area contributed by atoms with Gasteiger partial charge in [-0.2, -0.15) is 0 Å². The summed E-state index contributed by atoms with van der Waals surface area (Å²) in [5, 5.41) is 11.1. The van der Waals surface area contributed by atoms with E-state index in [1.807, 2.05) is 0 Å². The molecule has 2 heterocycles. The fraction of sp³-hybridized carbons (Fsp3) is 0.438. The lowest BCUT2D eigenvalue weighted by Crippen LogP contribution is -2.41. The zero-order chi connectivity index (χ0) is 17.3. The molecule has 0 atom stereocenters. The van der Waals surface area contributed by atoms with Gasteiger partial charge in [-0.05, 0) is 24.8 Å². The maximum absolute atomic E-state index is 12.5. The van der Waals surface area contributed by atoms with Crippen LogP contribution in [0.1, 0.15) is 19.8 Å². The first-order chi connectivity index (χ1) is 11.5. The van der Waals surface area contributed by atoms with Crippen molar-refractivity contribution in [2.45, 2.75) is 26.3 Å². The third kappa shape index (κ3) is 3.12. The molecule has 0 bridgehead atoms. The van der Waals surface area contributed by atoms with E-state index in [1.165, 1.54) is 29.1 Å². The molecule has 1 saturated heterocycles. The molecule has 0 aliphatic carbocycles. The maximum Gasteiger partial charge on any atom is 0.271 e. The van der Waals surface area contributed by atoms with Crippen molar-refractivity contribution in [2.75, 3.05) is 13.1 Å². The first kappa shape index (κ1) is 16.1. The molecular weight excluding hydrogens is 312 g/mol. The molecular formula is C16H18N4O4. The van der Waals surface area contributed by atoms with Crippen molar-refractivity contribution in [3.8, 4) is 0 Å². The van der Waals surface area contributed by atoms with Crippen LogP contribution in [0, 0.1) is 16.0 Å². The topological polar surface area (TPSA) is 98.3 Å². The molecule has 0 N–H and O–H groups in total. The Labute approximate surface area is 137 Å². The van der Waals surface area contributed by atoms with Crippen LogP contribution in [0.25, 0.3) is 10.9 Å². The van der Waals surface area contributed by atoms with Gasteiger partial charge in [0.25, 0.3) is 11.2 Å². The molecule has 0 unspecified atom stereocenters. The summed E-state index contributed by atoms with van der Waals surface area (Å²) in [5.74, 6) is 0.516. The number of rotatable bonds is 3. The van der Waals surface area contributed by atoms with Crippen molar-refractivity contribution in [1.29, 1.82) is 0 Å². The fourth-order valence-electron chi connectivity index (χ4n) is 2.88. The van der Waals surface area contributed by atoms with Crippen LogP contribution in [0.2, 0.25) is 0 Å². The van der Waals surface area contributed by atoms with Crippen LogP contribution in [0.4, 0.5) is 5.69 Å². The molecule has 0 radical (unpaired) electrons. The molecule has 2 aromatic rings. The van der Waals surface area contributed by atoms with Gasteiger partial charge >= 0.3 is 0 Å². The Kier molecular flexibility index (Phi) is 4.28. The number of nitrogens with zero attached hydrogens (tertiary/aromatic N) is 4. The largest absolute Gasteiger partial charge is 0.341 e. The van der Waals surface area contributed by atoms with Crippen molar-refractivity contribution in [3.63, 3.8) is 0 Å². The standard InChI is InChI=1S/C16H18N4O4/c1-11-4-6-18(7-5-11)15(21)9-19-10-17-14-8-12(20(23)24)2-3-13(14)16(19)22/h2-3,8,10-11H,4-7,9H2,1H3. The Morgan fingerprint density at radius 3 is 2.75 bits per heavy atom. The number of aromatic nitrogens is 2. The lowest BCUT2D eigenvalue weighted by Gasteiger charge is -2.30. The van der Waals surface area contributed by atoms with Gasteiger partial charge in [0.05, 0.1) is 22.2 Å². The second-order valence-electron chi connectivity index (χ2n) is 6.20. The first-order valence-corrected chi connectivity index (χ1v) is 7.87. The van der Waals surface area contributed by atoms with E-state index in [2.05, 4.69) is 11.9 Å². The number of piperidine rings is 1. The molecule has 1 fully saturated rings. The summed E-state index contributed by atoms with van der Waals surface area (Å²) in [6, 6.07) is 3.91. The van der Waals surface area contributed by atoms with Crippen LogP contribution >= 0.6 is 0 Å². The average Bonchev–Trinajstić information content (AvgIpc) is 2.57. The smallest absolute Gasteiger partial charge is 0.271 e. The first-order valence-electron chi connectivity index (χ1n) is 7.87. The van der Waals surface area contributed by atoms with Crippen LogP contribution < -0.4 is 5.56 Å². The van der Waals surface area contributed by atoms with Gasteiger partial charge < -0.3 is 4.90 Å². The quantitative estimate of drug-likeness (QED) is 0.628. The Hall–Kier alpha value is -2.77. The molecule has 8 heteroatoms. The minimum Gasteiger partial charge on any atom is -0.341 e. The summed E-state index contributed by atoms with van der Waals surface area (Å²) in [6.45, 7) is 3.52. The van der Waals surface area contributed by atoms with Crippen LogP contribution in [-0.4, -0.2) is 38.4 Å². The highest BCUT2D eigenvalue weighted by Gasteiger charge is 2.21. The highest BCUT2D eigenvalue weighted by molar-refractivity contribution is 5.80. The number of hydrogen-bond acceptors (Lipinski definition) is 5. The molecule has 3 rings (SSSR count). The predicted molar refractivity (Wildman–Crippen MR) is 87.6 cm³/mol. The molecule has 126 valence electrons. The Morgan fingerprint density at radius 2 is 2.08 bits per heavy atom. The molecule has 0 spiro atoms. The summed E-state index contributed by atoms with van der Waals surface area (Å²) in [5.41, 5.74) is -0.232. The highest BCUT2D eigenvalue weighted by atomic mass is 16.6. The minimum atomic E-state index is -0.534. The third-order valence-corrected chi connectivity index (χ3v) is 4.46. The van der Waals surface area contributed by atoms with Crippen molar-refractivity contribution < 1.29 is 9.72 Å². The number of carbonyl (C=O) groups is 1. The molecule has 8 nitrogen and oxygen atoms in total. The van der Waals surface area contributed by atoms with Crippen LogP contribution in [0.3, 0.4) is 0 Å². The monoisotopic (exact) mass is 330 g/mol. The van der Waals surface area contributed by atoms with Gasteiger partial charge in [0.1, 0.15) is 6.54 Å². The third-order valence-electron chi connectivity index (χ3n) is 4.46. The van der Waals surface area contributed by atoms with E-state index in [1.54, 1.807) is 4.90 Å². The molecule has 1 amide bonds. The summed E-state index contributed by atoms with van der Waals surface area (Å²) in [4.78, 5) is 40.9. The van der Waals surface area contributed by atoms with Gasteiger partial charge in [-0.15, -0.1) is 0 Å². The van der Waals surface area contributed by atoms with Crippen molar-refractivity contribution in [3.05, 3.63) is 45.0 Å². The fourth-order valence-corrected chi connectivity index (χ4v) is 2.88. The summed E-state index contributed by atoms with van der Waals surface area (Å²) in [7, 11) is 0. The van der Waals surface area contributed by atoms with E-state index in [0.29, 0.717) is 19.0 Å². The van der Waals surface area contributed by atoms with Crippen LogP contribution in [-0.2, 0) is 11.3 Å². The number of likely N-dealkylation sites (tertiary alicyclic amines) is 1. The number of nitro groups is 1. The second kappa shape index (κ2) is 6.38. The van der Waals surface area contributed by atoms with Gasteiger partial charge in [-0.3, -0.25) is 24.3 Å². The summed E-state index contributed by atoms with van der Waals surface area (Å²) in [6.07, 6.45) is 3.22. The SMILES string of the molecule is CC1CCN(C(=O)Cn2cnc3cc([N+](=O)[O-])ccc3c2=O)CC1. The number of carbonyl (C=O) groups excluding carboxylic acids is 1. The summed E-state index contributed by atoms with van der Waals surface area (Å²) >= 11 is 0. The number of nitro benzene ring substituents is 1. The number of benzene rings is 1. The summed E-state index contributed by atoms with van der Waals surface area (Å²) < 4.78 is 1.26. The average molecular weight is 330 g/mol. The van der Waals surface area contributed by atoms with Gasteiger partial charge in [0, 0.05) is 25.2 Å². The van der Waals surface area contributed by atoms with Gasteiger partial charge in [0.15, 0.2) is 0 Å². The second-order valence-corrected chi connectivity index (χ2v) is 6.20. The Bertz CT molecular complexity index is 853. The zero-order valence-electron chi connectivity index (χ0n) is 13.3. The van der Waals surface area contributed by atoms with Crippen molar-refractivity contribution in [2.24, 2.45) is 5.92 Å². The Morgan fingerprint density at radius 1 is 1.38 bits per heavy atom. The van der Waals surface area contributed by atoms with E-state index < -0.39 is 4.92 Å². The van der Waals surface area contributed by atoms with E-state index >= 15 is 0 Å². The normalized spacial score (nSPS) is 15.6.